The first kappa shape index (κ1) is 17.5. The topological polar surface area (TPSA) is 61.6 Å². The normalized spacial score (nSPS) is 10.7. The third-order valence-corrected chi connectivity index (χ3v) is 5.81. The summed E-state index contributed by atoms with van der Waals surface area (Å²) in [6.07, 6.45) is 1.59. The molecule has 0 spiro atoms. The van der Waals surface area contributed by atoms with Crippen LogP contribution < -0.4 is 5.32 Å². The molecule has 4 aromatic rings. The molecular weight excluding hydrogens is 372 g/mol. The third kappa shape index (κ3) is 3.52. The van der Waals surface area contributed by atoms with Gasteiger partial charge < -0.3 is 5.32 Å². The Morgan fingerprint density at radius 1 is 1.04 bits per heavy atom. The number of nitrogens with zero attached hydrogens (tertiary/aromatic N) is 3. The molecule has 0 atom stereocenters. The highest BCUT2D eigenvalue weighted by Gasteiger charge is 2.15. The van der Waals surface area contributed by atoms with Gasteiger partial charge in [-0.15, -0.1) is 11.3 Å². The second-order valence-electron chi connectivity index (χ2n) is 6.21. The van der Waals surface area contributed by atoms with Crippen molar-refractivity contribution in [2.24, 2.45) is 0 Å². The monoisotopic (exact) mass is 388 g/mol. The number of hydrogen-bond donors (Lipinski definition) is 1. The van der Waals surface area contributed by atoms with Gasteiger partial charge in [0.15, 0.2) is 0 Å². The van der Waals surface area contributed by atoms with Gasteiger partial charge in [0.25, 0.3) is 0 Å². The summed E-state index contributed by atoms with van der Waals surface area (Å²) < 4.78 is 0. The van der Waals surface area contributed by atoms with E-state index in [1.165, 1.54) is 16.7 Å². The van der Waals surface area contributed by atoms with Gasteiger partial charge in [-0.1, -0.05) is 23.8 Å². The summed E-state index contributed by atoms with van der Waals surface area (Å²) in [7, 11) is 0. The second-order valence-corrected chi connectivity index (χ2v) is 7.93. The number of anilines is 2. The lowest BCUT2D eigenvalue weighted by molar-refractivity contribution is 1.23. The molecule has 0 aliphatic rings. The van der Waals surface area contributed by atoms with Gasteiger partial charge in [0.05, 0.1) is 5.39 Å². The molecule has 6 heteroatoms. The summed E-state index contributed by atoms with van der Waals surface area (Å²) in [5, 5.41) is 17.5. The Bertz CT molecular complexity index is 1160. The quantitative estimate of drug-likeness (QED) is 0.329. The molecular formula is C21H16N4S2. The molecule has 0 unspecified atom stereocenters. The maximum atomic E-state index is 8.78. The van der Waals surface area contributed by atoms with E-state index in [0.717, 1.165) is 43.9 Å². The minimum Gasteiger partial charge on any atom is -0.340 e. The Balaban J connectivity index is 1.77. The van der Waals surface area contributed by atoms with Crippen molar-refractivity contribution >= 4 is 44.8 Å². The van der Waals surface area contributed by atoms with Crippen LogP contribution >= 0.6 is 23.1 Å². The summed E-state index contributed by atoms with van der Waals surface area (Å²) in [6, 6.07) is 14.3. The van der Waals surface area contributed by atoms with Crippen molar-refractivity contribution in [3.63, 3.8) is 0 Å². The smallest absolute Gasteiger partial charge is 0.143 e. The van der Waals surface area contributed by atoms with Gasteiger partial charge in [-0.2, -0.15) is 5.26 Å². The molecule has 2 heterocycles. The highest BCUT2D eigenvalue weighted by Crippen LogP contribution is 2.38. The highest BCUT2D eigenvalue weighted by atomic mass is 32.2. The standard InChI is InChI=1S/C21H16N4S2/c1-13-3-8-17(14(2)9-13)18-10-26-21-19(18)20(23-12-24-21)25-15-4-6-16(7-5-15)27-11-22/h3-10,12H,1-2H3,(H,23,24,25). The van der Waals surface area contributed by atoms with E-state index in [-0.39, 0.29) is 0 Å². The first-order valence-corrected chi connectivity index (χ1v) is 10.1. The fourth-order valence-electron chi connectivity index (χ4n) is 3.08. The molecule has 27 heavy (non-hydrogen) atoms. The molecule has 0 radical (unpaired) electrons. The number of nitrogens with one attached hydrogen (secondary N) is 1. The molecule has 1 N–H and O–H groups in total. The molecule has 2 aromatic carbocycles. The number of thiocyanates is 1. The van der Waals surface area contributed by atoms with Gasteiger partial charge in [-0.25, -0.2) is 9.97 Å². The van der Waals surface area contributed by atoms with Crippen LogP contribution in [0.5, 0.6) is 0 Å². The first-order valence-electron chi connectivity index (χ1n) is 8.38. The molecule has 0 saturated carbocycles. The van der Waals surface area contributed by atoms with E-state index >= 15 is 0 Å². The minimum atomic E-state index is 0.789. The number of aryl methyl sites for hydroxylation is 2. The summed E-state index contributed by atoms with van der Waals surface area (Å²) in [6.45, 7) is 4.24. The van der Waals surface area contributed by atoms with Crippen LogP contribution in [-0.4, -0.2) is 9.97 Å². The molecule has 0 aliphatic heterocycles. The van der Waals surface area contributed by atoms with E-state index in [2.05, 4.69) is 58.1 Å². The van der Waals surface area contributed by atoms with E-state index in [9.17, 15) is 0 Å². The number of thioether (sulfide) groups is 1. The van der Waals surface area contributed by atoms with Gasteiger partial charge in [-0.3, -0.25) is 0 Å². The van der Waals surface area contributed by atoms with Crippen molar-refractivity contribution in [3.05, 3.63) is 65.3 Å². The average Bonchev–Trinajstić information content (AvgIpc) is 3.09. The molecule has 2 aromatic heterocycles. The van der Waals surface area contributed by atoms with E-state index in [1.54, 1.807) is 17.7 Å². The van der Waals surface area contributed by atoms with Crippen LogP contribution in [-0.2, 0) is 0 Å². The highest BCUT2D eigenvalue weighted by molar-refractivity contribution is 8.03. The van der Waals surface area contributed by atoms with Crippen LogP contribution in [0.25, 0.3) is 21.3 Å². The SMILES string of the molecule is Cc1ccc(-c2csc3ncnc(Nc4ccc(SC#N)cc4)c23)c(C)c1. The van der Waals surface area contributed by atoms with E-state index < -0.39 is 0 Å². The summed E-state index contributed by atoms with van der Waals surface area (Å²) >= 11 is 2.78. The molecule has 0 amide bonds. The van der Waals surface area contributed by atoms with Gasteiger partial charge in [0.1, 0.15) is 22.4 Å². The first-order chi connectivity index (χ1) is 13.2. The lowest BCUT2D eigenvalue weighted by Gasteiger charge is -2.10. The van der Waals surface area contributed by atoms with Crippen LogP contribution in [0.15, 0.2) is 59.1 Å². The van der Waals surface area contributed by atoms with Crippen molar-refractivity contribution in [2.75, 3.05) is 5.32 Å². The molecule has 0 saturated heterocycles. The Labute approximate surface area is 165 Å². The van der Waals surface area contributed by atoms with Crippen LogP contribution in [0.3, 0.4) is 0 Å². The maximum Gasteiger partial charge on any atom is 0.143 e. The van der Waals surface area contributed by atoms with Gasteiger partial charge in [0, 0.05) is 21.5 Å². The summed E-state index contributed by atoms with van der Waals surface area (Å²) in [4.78, 5) is 10.8. The zero-order valence-electron chi connectivity index (χ0n) is 14.9. The summed E-state index contributed by atoms with van der Waals surface area (Å²) in [5.74, 6) is 0.789. The number of aromatic nitrogens is 2. The Morgan fingerprint density at radius 2 is 1.85 bits per heavy atom. The number of hydrogen-bond acceptors (Lipinski definition) is 6. The summed E-state index contributed by atoms with van der Waals surface area (Å²) in [5.41, 5.74) is 5.76. The number of fused-ring (bicyclic) bond motifs is 1. The number of benzene rings is 2. The van der Waals surface area contributed by atoms with Gasteiger partial charge in [0.2, 0.25) is 0 Å². The number of rotatable bonds is 4. The molecule has 4 rings (SSSR count). The predicted octanol–water partition coefficient (Wildman–Crippen LogP) is 6.29. The second kappa shape index (κ2) is 7.39. The fraction of sp³-hybridized carbons (Fsp3) is 0.0952. The maximum absolute atomic E-state index is 8.78. The van der Waals surface area contributed by atoms with E-state index in [4.69, 9.17) is 5.26 Å². The molecule has 0 bridgehead atoms. The van der Waals surface area contributed by atoms with Gasteiger partial charge >= 0.3 is 0 Å². The van der Waals surface area contributed by atoms with Crippen LogP contribution in [0.4, 0.5) is 11.5 Å². The van der Waals surface area contributed by atoms with Crippen LogP contribution in [0, 0.1) is 24.5 Å². The number of thiophene rings is 1. The number of nitriles is 1. The van der Waals surface area contributed by atoms with Crippen LogP contribution in [0.1, 0.15) is 11.1 Å². The Hall–Kier alpha value is -2.88. The van der Waals surface area contributed by atoms with Crippen molar-refractivity contribution in [3.8, 4) is 16.5 Å². The van der Waals surface area contributed by atoms with Crippen molar-refractivity contribution in [1.29, 1.82) is 5.26 Å². The zero-order chi connectivity index (χ0) is 18.8. The Morgan fingerprint density at radius 3 is 2.59 bits per heavy atom. The average molecular weight is 389 g/mol. The fourth-order valence-corrected chi connectivity index (χ4v) is 4.36. The third-order valence-electron chi connectivity index (χ3n) is 4.32. The predicted molar refractivity (Wildman–Crippen MR) is 114 cm³/mol. The minimum absolute atomic E-state index is 0.789. The lowest BCUT2D eigenvalue weighted by atomic mass is 9.99. The van der Waals surface area contributed by atoms with Crippen molar-refractivity contribution in [2.45, 2.75) is 18.7 Å². The van der Waals surface area contributed by atoms with E-state index in [0.29, 0.717) is 0 Å². The van der Waals surface area contributed by atoms with Crippen molar-refractivity contribution < 1.29 is 0 Å². The van der Waals surface area contributed by atoms with E-state index in [1.807, 2.05) is 24.3 Å². The molecule has 0 fully saturated rings. The molecule has 0 aliphatic carbocycles. The molecule has 132 valence electrons. The Kier molecular flexibility index (Phi) is 4.80. The largest absolute Gasteiger partial charge is 0.340 e. The zero-order valence-corrected chi connectivity index (χ0v) is 16.5. The lowest BCUT2D eigenvalue weighted by Crippen LogP contribution is -1.96. The molecule has 4 nitrogen and oxygen atoms in total. The van der Waals surface area contributed by atoms with Gasteiger partial charge in [-0.05, 0) is 61.0 Å². The van der Waals surface area contributed by atoms with Crippen molar-refractivity contribution in [1.82, 2.24) is 9.97 Å². The van der Waals surface area contributed by atoms with Crippen LogP contribution in [0.2, 0.25) is 0 Å².